The van der Waals surface area contributed by atoms with Gasteiger partial charge in [-0.1, -0.05) is 18.9 Å². The number of fused-ring (bicyclic) bond motifs is 1. The highest BCUT2D eigenvalue weighted by molar-refractivity contribution is 7.98. The van der Waals surface area contributed by atoms with Gasteiger partial charge in [0.15, 0.2) is 0 Å². The number of aromatic nitrogens is 1. The summed E-state index contributed by atoms with van der Waals surface area (Å²) in [6, 6.07) is 5.83. The van der Waals surface area contributed by atoms with E-state index in [1.54, 1.807) is 29.3 Å². The monoisotopic (exact) mass is 371 g/mol. The van der Waals surface area contributed by atoms with Crippen LogP contribution in [0.1, 0.15) is 52.3 Å². The molecule has 25 heavy (non-hydrogen) atoms. The number of hydrogen-bond acceptors (Lipinski definition) is 5. The van der Waals surface area contributed by atoms with E-state index in [1.165, 1.54) is 43.8 Å². The van der Waals surface area contributed by atoms with E-state index in [1.807, 2.05) is 12.1 Å². The summed E-state index contributed by atoms with van der Waals surface area (Å²) in [5.74, 6) is 0.695. The van der Waals surface area contributed by atoms with Crippen LogP contribution in [0.3, 0.4) is 0 Å². The molecule has 0 bridgehead atoms. The third-order valence-electron chi connectivity index (χ3n) is 4.64. The fraction of sp³-hybridized carbons (Fsp3) is 0.421. The standard InChI is InChI=1S/C19H21N3OS2/c23-19-15-6-5-7-17(16(15)10-20-19)24-12-14-13-25-18(21-14)11-22-8-3-1-2-4-9-22/h5-7,10,13H,1-4,8-9,11-12H2. The largest absolute Gasteiger partial charge is 0.297 e. The zero-order chi connectivity index (χ0) is 17.1. The molecule has 0 radical (unpaired) electrons. The van der Waals surface area contributed by atoms with Crippen molar-refractivity contribution in [2.24, 2.45) is 4.99 Å². The Kier molecular flexibility index (Phi) is 5.29. The van der Waals surface area contributed by atoms with E-state index in [0.717, 1.165) is 28.5 Å². The first-order valence-corrected chi connectivity index (χ1v) is 10.7. The zero-order valence-corrected chi connectivity index (χ0v) is 15.7. The van der Waals surface area contributed by atoms with E-state index in [9.17, 15) is 4.79 Å². The molecule has 2 aliphatic rings. The normalized spacial score (nSPS) is 17.7. The third kappa shape index (κ3) is 4.02. The van der Waals surface area contributed by atoms with Crippen LogP contribution in [0.15, 0.2) is 33.5 Å². The Bertz CT molecular complexity index is 792. The minimum absolute atomic E-state index is 0.133. The van der Waals surface area contributed by atoms with Gasteiger partial charge < -0.3 is 0 Å². The van der Waals surface area contributed by atoms with Crippen molar-refractivity contribution in [1.82, 2.24) is 9.88 Å². The molecule has 1 aromatic heterocycles. The highest BCUT2D eigenvalue weighted by atomic mass is 32.2. The lowest BCUT2D eigenvalue weighted by molar-refractivity contribution is 0.101. The van der Waals surface area contributed by atoms with Crippen molar-refractivity contribution in [3.8, 4) is 0 Å². The maximum atomic E-state index is 11.7. The molecule has 130 valence electrons. The van der Waals surface area contributed by atoms with E-state index in [-0.39, 0.29) is 5.91 Å². The fourth-order valence-electron chi connectivity index (χ4n) is 3.31. The second kappa shape index (κ2) is 7.81. The lowest BCUT2D eigenvalue weighted by Crippen LogP contribution is -2.23. The van der Waals surface area contributed by atoms with Crippen LogP contribution in [0.5, 0.6) is 0 Å². The minimum atomic E-state index is -0.133. The van der Waals surface area contributed by atoms with E-state index >= 15 is 0 Å². The quantitative estimate of drug-likeness (QED) is 0.732. The molecule has 0 atom stereocenters. The molecule has 0 N–H and O–H groups in total. The van der Waals surface area contributed by atoms with Crippen LogP contribution in [-0.2, 0) is 12.3 Å². The number of thioether (sulfide) groups is 1. The van der Waals surface area contributed by atoms with Crippen molar-refractivity contribution < 1.29 is 4.79 Å². The van der Waals surface area contributed by atoms with Gasteiger partial charge in [-0.15, -0.1) is 23.1 Å². The predicted molar refractivity (Wildman–Crippen MR) is 104 cm³/mol. The minimum Gasteiger partial charge on any atom is -0.297 e. The van der Waals surface area contributed by atoms with Crippen LogP contribution in [0.4, 0.5) is 0 Å². The summed E-state index contributed by atoms with van der Waals surface area (Å²) in [6.07, 6.45) is 7.04. The summed E-state index contributed by atoms with van der Waals surface area (Å²) in [6.45, 7) is 3.39. The van der Waals surface area contributed by atoms with Gasteiger partial charge in [0.25, 0.3) is 5.91 Å². The Morgan fingerprint density at radius 1 is 1.16 bits per heavy atom. The molecule has 1 amide bonds. The number of likely N-dealkylation sites (tertiary alicyclic amines) is 1. The average Bonchev–Trinajstić information content (AvgIpc) is 3.13. The number of carbonyl (C=O) groups excluding carboxylic acids is 1. The van der Waals surface area contributed by atoms with Gasteiger partial charge >= 0.3 is 0 Å². The van der Waals surface area contributed by atoms with Gasteiger partial charge in [-0.25, -0.2) is 9.98 Å². The molecule has 1 fully saturated rings. The maximum Gasteiger partial charge on any atom is 0.277 e. The van der Waals surface area contributed by atoms with Crippen LogP contribution in [-0.4, -0.2) is 35.1 Å². The Hall–Kier alpha value is -1.50. The molecule has 0 aliphatic carbocycles. The van der Waals surface area contributed by atoms with E-state index < -0.39 is 0 Å². The second-order valence-corrected chi connectivity index (χ2v) is 8.45. The summed E-state index contributed by atoms with van der Waals surface area (Å²) in [5, 5.41) is 3.38. The van der Waals surface area contributed by atoms with Gasteiger partial charge in [-0.2, -0.15) is 0 Å². The lowest BCUT2D eigenvalue weighted by Gasteiger charge is -2.17. The van der Waals surface area contributed by atoms with Crippen LogP contribution < -0.4 is 0 Å². The summed E-state index contributed by atoms with van der Waals surface area (Å²) in [4.78, 5) is 24.0. The molecular weight excluding hydrogens is 350 g/mol. The highest BCUT2D eigenvalue weighted by Crippen LogP contribution is 2.30. The van der Waals surface area contributed by atoms with E-state index in [4.69, 9.17) is 4.98 Å². The van der Waals surface area contributed by atoms with Crippen LogP contribution >= 0.6 is 23.1 Å². The fourth-order valence-corrected chi connectivity index (χ4v) is 5.19. The SMILES string of the molecule is O=C1N=Cc2c(SCc3csc(CN4CCCCCC4)n3)cccc21. The first-order valence-electron chi connectivity index (χ1n) is 8.79. The number of thiazole rings is 1. The number of aliphatic imine (C=N–C) groups is 1. The smallest absolute Gasteiger partial charge is 0.277 e. The van der Waals surface area contributed by atoms with Gasteiger partial charge in [0, 0.05) is 27.8 Å². The molecule has 4 rings (SSSR count). The van der Waals surface area contributed by atoms with Gasteiger partial charge in [-0.05, 0) is 38.1 Å². The van der Waals surface area contributed by atoms with Crippen molar-refractivity contribution in [2.75, 3.05) is 13.1 Å². The summed E-state index contributed by atoms with van der Waals surface area (Å²) < 4.78 is 0. The Morgan fingerprint density at radius 2 is 2.00 bits per heavy atom. The number of hydrogen-bond donors (Lipinski definition) is 0. The molecule has 4 nitrogen and oxygen atoms in total. The van der Waals surface area contributed by atoms with Crippen molar-refractivity contribution in [2.45, 2.75) is 42.9 Å². The molecule has 2 aliphatic heterocycles. The zero-order valence-electron chi connectivity index (χ0n) is 14.1. The number of rotatable bonds is 5. The number of benzene rings is 1. The van der Waals surface area contributed by atoms with Gasteiger partial charge in [0.2, 0.25) is 0 Å². The molecule has 2 aromatic rings. The predicted octanol–water partition coefficient (Wildman–Crippen LogP) is 4.38. The first kappa shape index (κ1) is 16.9. The molecule has 1 saturated heterocycles. The average molecular weight is 372 g/mol. The second-order valence-electron chi connectivity index (χ2n) is 6.49. The topological polar surface area (TPSA) is 45.6 Å². The Balaban J connectivity index is 1.37. The van der Waals surface area contributed by atoms with Crippen molar-refractivity contribution in [1.29, 1.82) is 0 Å². The number of amides is 1. The third-order valence-corrected chi connectivity index (χ3v) is 6.63. The molecule has 0 spiro atoms. The maximum absolute atomic E-state index is 11.7. The molecular formula is C19H21N3OS2. The molecule has 0 saturated carbocycles. The summed E-state index contributed by atoms with van der Waals surface area (Å²) in [5.41, 5.74) is 2.79. The first-order chi connectivity index (χ1) is 12.3. The van der Waals surface area contributed by atoms with Crippen LogP contribution in [0.25, 0.3) is 0 Å². The van der Waals surface area contributed by atoms with Crippen molar-refractivity contribution >= 4 is 35.2 Å². The van der Waals surface area contributed by atoms with Crippen molar-refractivity contribution in [3.63, 3.8) is 0 Å². The van der Waals surface area contributed by atoms with Gasteiger partial charge in [0.1, 0.15) is 5.01 Å². The van der Waals surface area contributed by atoms with E-state index in [0.29, 0.717) is 5.56 Å². The Labute approximate surface area is 156 Å². The lowest BCUT2D eigenvalue weighted by atomic mass is 10.1. The van der Waals surface area contributed by atoms with Gasteiger partial charge in [0.05, 0.1) is 17.8 Å². The van der Waals surface area contributed by atoms with Crippen LogP contribution in [0, 0.1) is 0 Å². The molecule has 1 aromatic carbocycles. The number of carbonyl (C=O) groups is 1. The summed E-state index contributed by atoms with van der Waals surface area (Å²) >= 11 is 3.50. The van der Waals surface area contributed by atoms with Gasteiger partial charge in [-0.3, -0.25) is 9.69 Å². The van der Waals surface area contributed by atoms with E-state index in [2.05, 4.69) is 21.3 Å². The summed E-state index contributed by atoms with van der Waals surface area (Å²) in [7, 11) is 0. The highest BCUT2D eigenvalue weighted by Gasteiger charge is 2.18. The molecule has 6 heteroatoms. The molecule has 0 unspecified atom stereocenters. The Morgan fingerprint density at radius 3 is 2.84 bits per heavy atom. The molecule has 3 heterocycles. The number of nitrogens with zero attached hydrogens (tertiary/aromatic N) is 3. The van der Waals surface area contributed by atoms with Crippen molar-refractivity contribution in [3.05, 3.63) is 45.4 Å². The van der Waals surface area contributed by atoms with Crippen LogP contribution in [0.2, 0.25) is 0 Å².